The molecule has 1 saturated heterocycles. The van der Waals surface area contributed by atoms with Crippen LogP contribution < -0.4 is 14.8 Å². The Bertz CT molecular complexity index is 962. The molecule has 1 aromatic carbocycles. The SMILES string of the molecule is CCOC(=O)C(C)Oc1c(Br)cc(C=N/N=C2/NC(=O)/C(=C\C(=O)OC)S2)cc1OC. The first-order valence-electron chi connectivity index (χ1n) is 8.89. The number of thioether (sulfide) groups is 1. The van der Waals surface area contributed by atoms with Crippen LogP contribution in [0.2, 0.25) is 0 Å². The van der Waals surface area contributed by atoms with E-state index in [0.29, 0.717) is 21.5 Å². The van der Waals surface area contributed by atoms with E-state index in [0.717, 1.165) is 17.8 Å². The third kappa shape index (κ3) is 6.82. The Morgan fingerprint density at radius 3 is 2.71 bits per heavy atom. The third-order valence-corrected chi connectivity index (χ3v) is 5.11. The molecular weight excluding hydrogens is 494 g/mol. The second-order valence-corrected chi connectivity index (χ2v) is 7.67. The van der Waals surface area contributed by atoms with Crippen LogP contribution in [0.4, 0.5) is 0 Å². The van der Waals surface area contributed by atoms with Crippen molar-refractivity contribution in [1.82, 2.24) is 5.32 Å². The molecule has 1 aliphatic heterocycles. The summed E-state index contributed by atoms with van der Waals surface area (Å²) in [5, 5.41) is 10.6. The summed E-state index contributed by atoms with van der Waals surface area (Å²) >= 11 is 4.35. The molecule has 0 spiro atoms. The number of rotatable bonds is 8. The van der Waals surface area contributed by atoms with E-state index in [1.165, 1.54) is 20.4 Å². The molecular formula is C19H20BrN3O7S. The first-order chi connectivity index (χ1) is 14.8. The van der Waals surface area contributed by atoms with Crippen LogP contribution in [0, 0.1) is 0 Å². The number of carbonyl (C=O) groups excluding carboxylic acids is 3. The zero-order chi connectivity index (χ0) is 23.0. The van der Waals surface area contributed by atoms with E-state index in [1.54, 1.807) is 26.0 Å². The van der Waals surface area contributed by atoms with Crippen molar-refractivity contribution in [3.8, 4) is 11.5 Å². The summed E-state index contributed by atoms with van der Waals surface area (Å²) in [6.45, 7) is 3.54. The first kappa shape index (κ1) is 24.4. The van der Waals surface area contributed by atoms with Gasteiger partial charge in [0.2, 0.25) is 0 Å². The van der Waals surface area contributed by atoms with E-state index in [4.69, 9.17) is 14.2 Å². The van der Waals surface area contributed by atoms with Crippen molar-refractivity contribution >= 4 is 56.9 Å². The quantitative estimate of drug-likeness (QED) is 0.243. The second kappa shape index (κ2) is 11.5. The fourth-order valence-corrected chi connectivity index (χ4v) is 3.49. The molecule has 0 aromatic heterocycles. The Labute approximate surface area is 191 Å². The maximum absolute atomic E-state index is 11.8. The molecule has 1 aromatic rings. The molecule has 0 radical (unpaired) electrons. The van der Waals surface area contributed by atoms with Crippen LogP contribution in [0.1, 0.15) is 19.4 Å². The smallest absolute Gasteiger partial charge is 0.347 e. The Kier molecular flexibility index (Phi) is 9.06. The average molecular weight is 514 g/mol. The van der Waals surface area contributed by atoms with Gasteiger partial charge >= 0.3 is 11.9 Å². The largest absolute Gasteiger partial charge is 0.493 e. The van der Waals surface area contributed by atoms with Crippen molar-refractivity contribution in [3.05, 3.63) is 33.2 Å². The summed E-state index contributed by atoms with van der Waals surface area (Å²) in [6.07, 6.45) is 1.68. The molecule has 1 N–H and O–H groups in total. The highest BCUT2D eigenvalue weighted by Gasteiger charge is 2.25. The molecule has 0 aliphatic carbocycles. The molecule has 1 unspecified atom stereocenters. The van der Waals surface area contributed by atoms with Gasteiger partial charge in [-0.1, -0.05) is 0 Å². The lowest BCUT2D eigenvalue weighted by Crippen LogP contribution is -2.26. The van der Waals surface area contributed by atoms with Crippen LogP contribution in [-0.4, -0.2) is 56.2 Å². The van der Waals surface area contributed by atoms with Crippen LogP contribution in [0.15, 0.2) is 37.8 Å². The fourth-order valence-electron chi connectivity index (χ4n) is 2.20. The van der Waals surface area contributed by atoms with Crippen LogP contribution >= 0.6 is 27.7 Å². The summed E-state index contributed by atoms with van der Waals surface area (Å²) in [5.74, 6) is -0.895. The van der Waals surface area contributed by atoms with Gasteiger partial charge in [-0.25, -0.2) is 9.59 Å². The predicted octanol–water partition coefficient (Wildman–Crippen LogP) is 2.40. The van der Waals surface area contributed by atoms with E-state index in [1.807, 2.05) is 0 Å². The van der Waals surface area contributed by atoms with Gasteiger partial charge in [0, 0.05) is 6.08 Å². The molecule has 2 rings (SSSR count). The molecule has 1 atom stereocenters. The molecule has 31 heavy (non-hydrogen) atoms. The number of amides is 1. The summed E-state index contributed by atoms with van der Waals surface area (Å²) < 4.78 is 21.0. The minimum atomic E-state index is -0.827. The number of hydrogen-bond donors (Lipinski definition) is 1. The maximum Gasteiger partial charge on any atom is 0.347 e. The normalized spacial score (nSPS) is 17.0. The van der Waals surface area contributed by atoms with Gasteiger partial charge in [0.25, 0.3) is 5.91 Å². The lowest BCUT2D eigenvalue weighted by Gasteiger charge is -2.17. The molecule has 1 amide bonds. The highest BCUT2D eigenvalue weighted by molar-refractivity contribution is 9.10. The highest BCUT2D eigenvalue weighted by Crippen LogP contribution is 2.37. The number of carbonyl (C=O) groups is 3. The summed E-state index contributed by atoms with van der Waals surface area (Å²) in [6, 6.07) is 3.34. The van der Waals surface area contributed by atoms with Crippen LogP contribution in [0.3, 0.4) is 0 Å². The number of halogens is 1. The van der Waals surface area contributed by atoms with Crippen molar-refractivity contribution in [2.75, 3.05) is 20.8 Å². The number of benzene rings is 1. The number of methoxy groups -OCH3 is 2. The number of nitrogens with zero attached hydrogens (tertiary/aromatic N) is 2. The third-order valence-electron chi connectivity index (χ3n) is 3.62. The van der Waals surface area contributed by atoms with E-state index in [9.17, 15) is 14.4 Å². The number of esters is 2. The minimum Gasteiger partial charge on any atom is -0.493 e. The van der Waals surface area contributed by atoms with Crippen molar-refractivity contribution in [2.24, 2.45) is 10.2 Å². The number of hydrogen-bond acceptors (Lipinski definition) is 10. The van der Waals surface area contributed by atoms with E-state index < -0.39 is 23.9 Å². The molecule has 1 heterocycles. The average Bonchev–Trinajstić information content (AvgIpc) is 3.08. The first-order valence-corrected chi connectivity index (χ1v) is 10.5. The number of ether oxygens (including phenoxy) is 4. The van der Waals surface area contributed by atoms with Gasteiger partial charge < -0.3 is 18.9 Å². The molecule has 1 fully saturated rings. The van der Waals surface area contributed by atoms with E-state index in [2.05, 4.69) is 36.2 Å². The molecule has 10 nitrogen and oxygen atoms in total. The summed E-state index contributed by atoms with van der Waals surface area (Å²) in [5.41, 5.74) is 0.615. The molecule has 166 valence electrons. The number of amidine groups is 1. The van der Waals surface area contributed by atoms with Crippen molar-refractivity contribution < 1.29 is 33.3 Å². The van der Waals surface area contributed by atoms with E-state index in [-0.39, 0.29) is 16.7 Å². The van der Waals surface area contributed by atoms with Gasteiger partial charge in [0.05, 0.1) is 36.4 Å². The topological polar surface area (TPSA) is 125 Å². The Hall–Kier alpha value is -2.86. The molecule has 0 bridgehead atoms. The van der Waals surface area contributed by atoms with Crippen molar-refractivity contribution in [3.63, 3.8) is 0 Å². The minimum absolute atomic E-state index is 0.155. The fraction of sp³-hybridized carbons (Fsp3) is 0.316. The van der Waals surface area contributed by atoms with Gasteiger partial charge in [0.1, 0.15) is 0 Å². The lowest BCUT2D eigenvalue weighted by molar-refractivity contribution is -0.150. The van der Waals surface area contributed by atoms with Crippen LogP contribution in [0.5, 0.6) is 11.5 Å². The zero-order valence-electron chi connectivity index (χ0n) is 17.1. The van der Waals surface area contributed by atoms with Crippen LogP contribution in [-0.2, 0) is 23.9 Å². The highest BCUT2D eigenvalue weighted by atomic mass is 79.9. The van der Waals surface area contributed by atoms with Gasteiger partial charge in [-0.3, -0.25) is 10.1 Å². The monoisotopic (exact) mass is 513 g/mol. The molecule has 1 aliphatic rings. The predicted molar refractivity (Wildman–Crippen MR) is 118 cm³/mol. The Morgan fingerprint density at radius 2 is 2.06 bits per heavy atom. The van der Waals surface area contributed by atoms with Gasteiger partial charge in [-0.2, -0.15) is 5.10 Å². The maximum atomic E-state index is 11.8. The number of nitrogens with one attached hydrogen (secondary N) is 1. The molecule has 12 heteroatoms. The van der Waals surface area contributed by atoms with Gasteiger partial charge in [-0.05, 0) is 59.2 Å². The standard InChI is InChI=1S/C19H20BrN3O7S/c1-5-29-18(26)10(2)30-16-12(20)6-11(7-13(16)27-3)9-21-23-19-22-17(25)14(31-19)8-15(24)28-4/h6-10H,5H2,1-4H3,(H,22,23,25)/b14-8+,21-9?. The lowest BCUT2D eigenvalue weighted by atomic mass is 10.2. The van der Waals surface area contributed by atoms with Crippen molar-refractivity contribution in [2.45, 2.75) is 20.0 Å². The zero-order valence-corrected chi connectivity index (χ0v) is 19.5. The summed E-state index contributed by atoms with van der Waals surface area (Å²) in [4.78, 5) is 35.0. The Balaban J connectivity index is 2.15. The summed E-state index contributed by atoms with van der Waals surface area (Å²) in [7, 11) is 2.68. The Morgan fingerprint density at radius 1 is 1.32 bits per heavy atom. The van der Waals surface area contributed by atoms with E-state index >= 15 is 0 Å². The van der Waals surface area contributed by atoms with Crippen LogP contribution in [0.25, 0.3) is 0 Å². The molecule has 0 saturated carbocycles. The van der Waals surface area contributed by atoms with Gasteiger partial charge in [0.15, 0.2) is 22.8 Å². The second-order valence-electron chi connectivity index (χ2n) is 5.78. The van der Waals surface area contributed by atoms with Gasteiger partial charge in [-0.15, -0.1) is 5.10 Å². The van der Waals surface area contributed by atoms with Crippen molar-refractivity contribution in [1.29, 1.82) is 0 Å².